The van der Waals surface area contributed by atoms with Gasteiger partial charge in [-0.05, 0) is 47.4 Å². The van der Waals surface area contributed by atoms with Crippen molar-refractivity contribution in [1.29, 1.82) is 0 Å². The number of alkyl halides is 4. The lowest BCUT2D eigenvalue weighted by Crippen LogP contribution is -2.51. The molecule has 2 aliphatic rings. The molecule has 4 amide bonds. The van der Waals surface area contributed by atoms with Gasteiger partial charge in [-0.2, -0.15) is 18.3 Å². The summed E-state index contributed by atoms with van der Waals surface area (Å²) >= 11 is 0. The fourth-order valence-electron chi connectivity index (χ4n) is 5.34. The van der Waals surface area contributed by atoms with Crippen LogP contribution >= 0.6 is 0 Å². The van der Waals surface area contributed by atoms with Crippen LogP contribution in [0.15, 0.2) is 54.9 Å². The van der Waals surface area contributed by atoms with Gasteiger partial charge in [0.1, 0.15) is 36.7 Å². The van der Waals surface area contributed by atoms with Crippen molar-refractivity contribution in [2.24, 2.45) is 0 Å². The molecule has 226 valence electrons. The van der Waals surface area contributed by atoms with E-state index < -0.39 is 79.6 Å². The minimum atomic E-state index is -4.85. The maximum atomic E-state index is 15.4. The standard InChI is InChI=1S/C28H24F5N5O5/c1-15(28(31,32)33)37(11-16-2-5-19(29)6-3-16)23(39)13-38-25(42)27(35-26(38)43)9-22(30)20-8-17(4-7-21(20)27)18-10-34-36(12-18)14-24(40)41/h2-8,10,12,15,22H,9,11,13-14H2,1H3,(H,35,43)(H,40,41)/t15-,22?,27-/m0/s1. The molecule has 1 aliphatic heterocycles. The number of nitrogens with one attached hydrogen (secondary N) is 1. The number of imide groups is 1. The fraction of sp³-hybridized carbons (Fsp3) is 0.321. The lowest BCUT2D eigenvalue weighted by Gasteiger charge is -2.32. The molecule has 1 aliphatic carbocycles. The summed E-state index contributed by atoms with van der Waals surface area (Å²) in [5, 5.41) is 15.3. The Labute approximate surface area is 240 Å². The first-order valence-corrected chi connectivity index (χ1v) is 13.0. The number of amides is 4. The quantitative estimate of drug-likeness (QED) is 0.297. The number of rotatable bonds is 8. The number of aromatic nitrogens is 2. The van der Waals surface area contributed by atoms with Crippen molar-refractivity contribution in [1.82, 2.24) is 24.9 Å². The number of hydrogen-bond acceptors (Lipinski definition) is 5. The monoisotopic (exact) mass is 605 g/mol. The highest BCUT2D eigenvalue weighted by atomic mass is 19.4. The van der Waals surface area contributed by atoms with Crippen LogP contribution in [0.1, 0.15) is 36.2 Å². The molecule has 1 unspecified atom stereocenters. The first-order chi connectivity index (χ1) is 20.2. The topological polar surface area (TPSA) is 125 Å². The van der Waals surface area contributed by atoms with Gasteiger partial charge in [-0.15, -0.1) is 0 Å². The number of hydrogen-bond donors (Lipinski definition) is 2. The van der Waals surface area contributed by atoms with Gasteiger partial charge in [-0.25, -0.2) is 13.6 Å². The zero-order valence-corrected chi connectivity index (χ0v) is 22.4. The van der Waals surface area contributed by atoms with Crippen LogP contribution in [-0.4, -0.2) is 67.3 Å². The lowest BCUT2D eigenvalue weighted by atomic mass is 9.90. The smallest absolute Gasteiger partial charge is 0.408 e. The average molecular weight is 606 g/mol. The molecule has 2 heterocycles. The number of carboxylic acids is 1. The Morgan fingerprint density at radius 2 is 1.84 bits per heavy atom. The van der Waals surface area contributed by atoms with Gasteiger partial charge in [0.2, 0.25) is 5.91 Å². The molecule has 15 heteroatoms. The van der Waals surface area contributed by atoms with Crippen molar-refractivity contribution >= 4 is 23.8 Å². The van der Waals surface area contributed by atoms with Crippen molar-refractivity contribution in [2.75, 3.05) is 6.54 Å². The Bertz CT molecular complexity index is 1610. The molecule has 3 aromatic rings. The maximum Gasteiger partial charge on any atom is 0.408 e. The molecule has 1 fully saturated rings. The molecule has 1 saturated heterocycles. The average Bonchev–Trinajstić information content (AvgIpc) is 3.58. The lowest BCUT2D eigenvalue weighted by molar-refractivity contribution is -0.187. The summed E-state index contributed by atoms with van der Waals surface area (Å²) in [4.78, 5) is 51.6. The minimum absolute atomic E-state index is 0.0777. The Balaban J connectivity index is 1.39. The summed E-state index contributed by atoms with van der Waals surface area (Å²) in [7, 11) is 0. The predicted molar refractivity (Wildman–Crippen MR) is 138 cm³/mol. The van der Waals surface area contributed by atoms with E-state index >= 15 is 4.39 Å². The van der Waals surface area contributed by atoms with E-state index in [2.05, 4.69) is 10.4 Å². The second kappa shape index (κ2) is 10.8. The van der Waals surface area contributed by atoms with Crippen LogP contribution < -0.4 is 5.32 Å². The van der Waals surface area contributed by atoms with E-state index in [1.807, 2.05) is 0 Å². The maximum absolute atomic E-state index is 15.4. The normalized spacial score (nSPS) is 20.3. The summed E-state index contributed by atoms with van der Waals surface area (Å²) in [6, 6.07) is 5.50. The van der Waals surface area contributed by atoms with E-state index in [4.69, 9.17) is 5.11 Å². The molecule has 1 spiro atoms. The largest absolute Gasteiger partial charge is 0.480 e. The molecular formula is C28H24F5N5O5. The third-order valence-electron chi connectivity index (χ3n) is 7.59. The van der Waals surface area contributed by atoms with Crippen LogP contribution in [0, 0.1) is 5.82 Å². The summed E-state index contributed by atoms with van der Waals surface area (Å²) in [6.45, 7) is -1.26. The number of halogens is 5. The molecule has 1 aromatic heterocycles. The number of carbonyl (C=O) groups is 4. The molecule has 2 aromatic carbocycles. The number of urea groups is 1. The Kier molecular flexibility index (Phi) is 7.44. The van der Waals surface area contributed by atoms with Gasteiger partial charge in [0.05, 0.1) is 6.20 Å². The summed E-state index contributed by atoms with van der Waals surface area (Å²) in [5.74, 6) is -3.92. The van der Waals surface area contributed by atoms with Crippen molar-refractivity contribution in [3.05, 3.63) is 77.4 Å². The van der Waals surface area contributed by atoms with Crippen LogP contribution in [0.5, 0.6) is 0 Å². The van der Waals surface area contributed by atoms with Gasteiger partial charge in [0.25, 0.3) is 5.91 Å². The Morgan fingerprint density at radius 1 is 1.14 bits per heavy atom. The SMILES string of the molecule is C[C@H](N(Cc1ccc(F)cc1)C(=O)CN1C(=O)N[C@]2(CC(F)c3cc(-c4cnn(CC(=O)O)c4)ccc32)C1=O)C(F)(F)F. The van der Waals surface area contributed by atoms with Crippen LogP contribution in [-0.2, 0) is 33.0 Å². The van der Waals surface area contributed by atoms with Gasteiger partial charge in [0, 0.05) is 24.7 Å². The number of fused-ring (bicyclic) bond motifs is 2. The van der Waals surface area contributed by atoms with Gasteiger partial charge < -0.3 is 15.3 Å². The number of nitrogens with zero attached hydrogens (tertiary/aromatic N) is 4. The van der Waals surface area contributed by atoms with Crippen LogP contribution in [0.25, 0.3) is 11.1 Å². The van der Waals surface area contributed by atoms with Crippen molar-refractivity contribution < 1.29 is 46.2 Å². The van der Waals surface area contributed by atoms with E-state index in [0.717, 1.165) is 19.1 Å². The third-order valence-corrected chi connectivity index (χ3v) is 7.59. The summed E-state index contributed by atoms with van der Waals surface area (Å²) in [6.07, 6.45) is -4.23. The molecule has 43 heavy (non-hydrogen) atoms. The van der Waals surface area contributed by atoms with Crippen LogP contribution in [0.4, 0.5) is 26.7 Å². The molecule has 0 radical (unpaired) electrons. The predicted octanol–water partition coefficient (Wildman–Crippen LogP) is 3.91. The highest BCUT2D eigenvalue weighted by Gasteiger charge is 2.59. The van der Waals surface area contributed by atoms with E-state index in [1.165, 1.54) is 47.4 Å². The summed E-state index contributed by atoms with van der Waals surface area (Å²) in [5.41, 5.74) is -0.539. The Morgan fingerprint density at radius 3 is 2.49 bits per heavy atom. The third kappa shape index (κ3) is 5.53. The van der Waals surface area contributed by atoms with Gasteiger partial charge >= 0.3 is 18.2 Å². The van der Waals surface area contributed by atoms with E-state index in [0.29, 0.717) is 20.9 Å². The van der Waals surface area contributed by atoms with E-state index in [-0.39, 0.29) is 16.7 Å². The fourth-order valence-corrected chi connectivity index (χ4v) is 5.34. The first kappa shape index (κ1) is 29.7. The zero-order chi connectivity index (χ0) is 31.3. The molecule has 0 saturated carbocycles. The second-order valence-electron chi connectivity index (χ2n) is 10.4. The molecular weight excluding hydrogens is 581 g/mol. The number of carbonyl (C=O) groups excluding carboxylic acids is 3. The summed E-state index contributed by atoms with van der Waals surface area (Å²) < 4.78 is 70.9. The van der Waals surface area contributed by atoms with Gasteiger partial charge in [0.15, 0.2) is 0 Å². The van der Waals surface area contributed by atoms with E-state index in [9.17, 15) is 36.7 Å². The highest BCUT2D eigenvalue weighted by Crippen LogP contribution is 2.49. The van der Waals surface area contributed by atoms with Crippen molar-refractivity contribution in [2.45, 2.75) is 50.4 Å². The van der Waals surface area contributed by atoms with Gasteiger partial charge in [-0.1, -0.05) is 24.3 Å². The second-order valence-corrected chi connectivity index (χ2v) is 10.4. The zero-order valence-electron chi connectivity index (χ0n) is 22.4. The molecule has 5 rings (SSSR count). The van der Waals surface area contributed by atoms with Gasteiger partial charge in [-0.3, -0.25) is 24.0 Å². The Hall–Kier alpha value is -4.82. The number of carboxylic acid groups (broad SMARTS) is 1. The number of benzene rings is 2. The number of aliphatic carboxylic acids is 1. The highest BCUT2D eigenvalue weighted by molar-refractivity contribution is 6.10. The van der Waals surface area contributed by atoms with E-state index in [1.54, 1.807) is 0 Å². The molecule has 3 atom stereocenters. The first-order valence-electron chi connectivity index (χ1n) is 13.0. The minimum Gasteiger partial charge on any atom is -0.480 e. The molecule has 10 nitrogen and oxygen atoms in total. The van der Waals surface area contributed by atoms with Crippen molar-refractivity contribution in [3.63, 3.8) is 0 Å². The van der Waals surface area contributed by atoms with Crippen molar-refractivity contribution in [3.8, 4) is 11.1 Å². The molecule has 2 N–H and O–H groups in total. The van der Waals surface area contributed by atoms with Crippen LogP contribution in [0.3, 0.4) is 0 Å². The van der Waals surface area contributed by atoms with Crippen LogP contribution in [0.2, 0.25) is 0 Å². The molecule has 0 bridgehead atoms.